The van der Waals surface area contributed by atoms with Crippen molar-refractivity contribution in [3.8, 4) is 5.75 Å². The Balaban J connectivity index is 1.67. The van der Waals surface area contributed by atoms with Crippen LogP contribution < -0.4 is 4.74 Å². The number of aryl methyl sites for hydroxylation is 1. The van der Waals surface area contributed by atoms with Gasteiger partial charge in [-0.1, -0.05) is 12.5 Å². The summed E-state index contributed by atoms with van der Waals surface area (Å²) in [6.07, 6.45) is 4.91. The standard InChI is InChI=1S/C23H29FN2O4/c24-19-7-8-22-18(14-19)6-2-1-3-11-26(12-9-20(27)21(28)16-30-22)23(29)13-17-5-4-10-25-15-17/h4-5,7-8,10,14-15,20-21,27-28H,1-3,6,9,11-13,16H2/t20-,21+/m0/s1. The van der Waals surface area contributed by atoms with Gasteiger partial charge < -0.3 is 19.8 Å². The molecular formula is C23H29FN2O4. The van der Waals surface area contributed by atoms with Crippen molar-refractivity contribution >= 4 is 5.91 Å². The second-order valence-corrected chi connectivity index (χ2v) is 7.72. The smallest absolute Gasteiger partial charge is 0.227 e. The number of hydrogen-bond donors (Lipinski definition) is 2. The summed E-state index contributed by atoms with van der Waals surface area (Å²) in [5.74, 6) is 0.180. The van der Waals surface area contributed by atoms with Gasteiger partial charge in [-0.2, -0.15) is 0 Å². The zero-order valence-corrected chi connectivity index (χ0v) is 17.0. The molecule has 162 valence electrons. The lowest BCUT2D eigenvalue weighted by Gasteiger charge is -2.26. The first-order chi connectivity index (χ1) is 14.5. The fourth-order valence-electron chi connectivity index (χ4n) is 3.60. The summed E-state index contributed by atoms with van der Waals surface area (Å²) in [7, 11) is 0. The Labute approximate surface area is 176 Å². The van der Waals surface area contributed by atoms with Crippen LogP contribution in [0.5, 0.6) is 5.75 Å². The zero-order chi connectivity index (χ0) is 21.3. The molecule has 3 rings (SSSR count). The molecule has 2 N–H and O–H groups in total. The second kappa shape index (κ2) is 11.0. The molecule has 0 aliphatic carbocycles. The number of rotatable bonds is 2. The van der Waals surface area contributed by atoms with Crippen molar-refractivity contribution in [2.24, 2.45) is 0 Å². The fraction of sp³-hybridized carbons (Fsp3) is 0.478. The van der Waals surface area contributed by atoms with Gasteiger partial charge in [-0.3, -0.25) is 9.78 Å². The largest absolute Gasteiger partial charge is 0.491 e. The van der Waals surface area contributed by atoms with Crippen LogP contribution in [0.25, 0.3) is 0 Å². The van der Waals surface area contributed by atoms with E-state index in [0.29, 0.717) is 25.3 Å². The van der Waals surface area contributed by atoms with Crippen LogP contribution in [-0.2, 0) is 17.6 Å². The molecule has 7 heteroatoms. The molecule has 0 fully saturated rings. The fourth-order valence-corrected chi connectivity index (χ4v) is 3.60. The van der Waals surface area contributed by atoms with Gasteiger partial charge in [0.05, 0.1) is 12.5 Å². The van der Waals surface area contributed by atoms with E-state index in [2.05, 4.69) is 4.98 Å². The summed E-state index contributed by atoms with van der Waals surface area (Å²) in [4.78, 5) is 18.6. The molecule has 1 aromatic carbocycles. The number of benzene rings is 1. The molecule has 2 heterocycles. The number of ether oxygens (including phenoxy) is 1. The Kier molecular flexibility index (Phi) is 8.16. The first-order valence-electron chi connectivity index (χ1n) is 10.5. The number of aliphatic hydroxyl groups is 2. The normalized spacial score (nSPS) is 21.2. The number of aromatic nitrogens is 1. The highest BCUT2D eigenvalue weighted by atomic mass is 19.1. The van der Waals surface area contributed by atoms with Crippen LogP contribution in [0.1, 0.15) is 36.8 Å². The summed E-state index contributed by atoms with van der Waals surface area (Å²) in [5, 5.41) is 20.6. The highest BCUT2D eigenvalue weighted by molar-refractivity contribution is 5.78. The first kappa shape index (κ1) is 22.2. The number of nitrogens with zero attached hydrogens (tertiary/aromatic N) is 2. The first-order valence-corrected chi connectivity index (χ1v) is 10.5. The predicted molar refractivity (Wildman–Crippen MR) is 111 cm³/mol. The summed E-state index contributed by atoms with van der Waals surface area (Å²) in [5.41, 5.74) is 1.59. The molecule has 2 atom stereocenters. The summed E-state index contributed by atoms with van der Waals surface area (Å²) >= 11 is 0. The molecule has 0 saturated carbocycles. The molecule has 0 bridgehead atoms. The van der Waals surface area contributed by atoms with Gasteiger partial charge in [0, 0.05) is 25.5 Å². The Morgan fingerprint density at radius 3 is 2.83 bits per heavy atom. The molecule has 1 aromatic heterocycles. The molecule has 0 unspecified atom stereocenters. The van der Waals surface area contributed by atoms with Gasteiger partial charge in [-0.15, -0.1) is 0 Å². The van der Waals surface area contributed by atoms with Crippen LogP contribution in [0.2, 0.25) is 0 Å². The van der Waals surface area contributed by atoms with Crippen molar-refractivity contribution in [3.63, 3.8) is 0 Å². The number of amides is 1. The van der Waals surface area contributed by atoms with Gasteiger partial charge in [0.25, 0.3) is 0 Å². The van der Waals surface area contributed by atoms with Crippen molar-refractivity contribution in [2.45, 2.75) is 50.7 Å². The molecular weight excluding hydrogens is 387 g/mol. The molecule has 1 amide bonds. The molecule has 0 saturated heterocycles. The molecule has 1 aliphatic rings. The molecule has 0 radical (unpaired) electrons. The quantitative estimate of drug-likeness (QED) is 0.786. The lowest BCUT2D eigenvalue weighted by Crippen LogP contribution is -2.39. The van der Waals surface area contributed by atoms with E-state index in [9.17, 15) is 19.4 Å². The predicted octanol–water partition coefficient (Wildman–Crippen LogP) is 2.51. The molecule has 2 aromatic rings. The van der Waals surface area contributed by atoms with Crippen molar-refractivity contribution in [3.05, 3.63) is 59.7 Å². The van der Waals surface area contributed by atoms with Crippen molar-refractivity contribution < 1.29 is 24.1 Å². The number of fused-ring (bicyclic) bond motifs is 1. The van der Waals surface area contributed by atoms with Crippen LogP contribution in [0.15, 0.2) is 42.7 Å². The summed E-state index contributed by atoms with van der Waals surface area (Å²) < 4.78 is 19.3. The third-order valence-corrected chi connectivity index (χ3v) is 5.38. The van der Waals surface area contributed by atoms with Crippen LogP contribution >= 0.6 is 0 Å². The maximum atomic E-state index is 13.6. The van der Waals surface area contributed by atoms with E-state index < -0.39 is 12.2 Å². The Morgan fingerprint density at radius 2 is 2.03 bits per heavy atom. The van der Waals surface area contributed by atoms with Crippen molar-refractivity contribution in [2.75, 3.05) is 19.7 Å². The Hall–Kier alpha value is -2.51. The van der Waals surface area contributed by atoms with Crippen LogP contribution in [0.4, 0.5) is 4.39 Å². The summed E-state index contributed by atoms with van der Waals surface area (Å²) in [6.45, 7) is 0.844. The minimum Gasteiger partial charge on any atom is -0.491 e. The van der Waals surface area contributed by atoms with Crippen LogP contribution in [-0.4, -0.2) is 57.9 Å². The van der Waals surface area contributed by atoms with Crippen LogP contribution in [0.3, 0.4) is 0 Å². The highest BCUT2D eigenvalue weighted by Crippen LogP contribution is 2.23. The zero-order valence-electron chi connectivity index (χ0n) is 17.0. The van der Waals surface area contributed by atoms with Crippen molar-refractivity contribution in [1.82, 2.24) is 9.88 Å². The molecule has 0 spiro atoms. The number of pyridine rings is 1. The monoisotopic (exact) mass is 416 g/mol. The van der Waals surface area contributed by atoms with E-state index in [1.807, 2.05) is 6.07 Å². The van der Waals surface area contributed by atoms with Crippen molar-refractivity contribution in [1.29, 1.82) is 0 Å². The van der Waals surface area contributed by atoms with Gasteiger partial charge >= 0.3 is 0 Å². The van der Waals surface area contributed by atoms with E-state index in [-0.39, 0.29) is 31.2 Å². The lowest BCUT2D eigenvalue weighted by molar-refractivity contribution is -0.131. The third-order valence-electron chi connectivity index (χ3n) is 5.38. The molecule has 30 heavy (non-hydrogen) atoms. The van der Waals surface area contributed by atoms with Crippen LogP contribution in [0, 0.1) is 5.82 Å². The van der Waals surface area contributed by atoms with E-state index in [4.69, 9.17) is 4.74 Å². The average Bonchev–Trinajstić information content (AvgIpc) is 2.74. The van der Waals surface area contributed by atoms with Gasteiger partial charge in [0.1, 0.15) is 24.3 Å². The minimum atomic E-state index is -1.10. The third kappa shape index (κ3) is 6.50. The summed E-state index contributed by atoms with van der Waals surface area (Å²) in [6, 6.07) is 8.01. The minimum absolute atomic E-state index is 0.0274. The topological polar surface area (TPSA) is 82.9 Å². The highest BCUT2D eigenvalue weighted by Gasteiger charge is 2.21. The Bertz CT molecular complexity index is 818. The van der Waals surface area contributed by atoms with E-state index >= 15 is 0 Å². The van der Waals surface area contributed by atoms with E-state index in [0.717, 1.165) is 30.4 Å². The number of aliphatic hydroxyl groups excluding tert-OH is 2. The number of carbonyl (C=O) groups excluding carboxylic acids is 1. The number of hydrogen-bond acceptors (Lipinski definition) is 5. The average molecular weight is 416 g/mol. The molecule has 6 nitrogen and oxygen atoms in total. The number of carbonyl (C=O) groups is 1. The second-order valence-electron chi connectivity index (χ2n) is 7.72. The maximum absolute atomic E-state index is 13.6. The maximum Gasteiger partial charge on any atom is 0.227 e. The van der Waals surface area contributed by atoms with E-state index in [1.165, 1.54) is 12.1 Å². The number of halogens is 1. The molecule has 1 aliphatic heterocycles. The van der Waals surface area contributed by atoms with Gasteiger partial charge in [0.15, 0.2) is 0 Å². The SMILES string of the molecule is O=C(Cc1cccnc1)N1CCCCCc2cc(F)ccc2OC[C@@H](O)[C@@H](O)CC1. The van der Waals surface area contributed by atoms with Gasteiger partial charge in [0.2, 0.25) is 5.91 Å². The van der Waals surface area contributed by atoms with Gasteiger partial charge in [-0.05, 0) is 61.1 Å². The lowest BCUT2D eigenvalue weighted by atomic mass is 10.0. The van der Waals surface area contributed by atoms with E-state index in [1.54, 1.807) is 29.4 Å². The van der Waals surface area contributed by atoms with Gasteiger partial charge in [-0.25, -0.2) is 4.39 Å². The Morgan fingerprint density at radius 1 is 1.17 bits per heavy atom.